The van der Waals surface area contributed by atoms with Crippen molar-refractivity contribution < 1.29 is 14.2 Å². The van der Waals surface area contributed by atoms with Gasteiger partial charge in [0.2, 0.25) is 5.75 Å². The molecule has 0 unspecified atom stereocenters. The molecule has 0 atom stereocenters. The molecule has 0 saturated heterocycles. The Morgan fingerprint density at radius 1 is 1.20 bits per heavy atom. The molecule has 0 aliphatic carbocycles. The lowest BCUT2D eigenvalue weighted by Gasteiger charge is -2.15. The first kappa shape index (κ1) is 16.6. The molecule has 8 heteroatoms. The van der Waals surface area contributed by atoms with Crippen LogP contribution in [0, 0.1) is 6.92 Å². The molecule has 0 radical (unpaired) electrons. The summed E-state index contributed by atoms with van der Waals surface area (Å²) in [7, 11) is 4.48. The van der Waals surface area contributed by atoms with E-state index < -0.39 is 0 Å². The smallest absolute Gasteiger partial charge is 0.282 e. The quantitative estimate of drug-likeness (QED) is 0.716. The van der Waals surface area contributed by atoms with Crippen molar-refractivity contribution in [3.8, 4) is 17.2 Å². The van der Waals surface area contributed by atoms with E-state index in [4.69, 9.17) is 14.2 Å². The molecular formula is C17H18N4O4. The molecule has 0 aliphatic heterocycles. The first-order valence-corrected chi connectivity index (χ1v) is 7.50. The van der Waals surface area contributed by atoms with E-state index >= 15 is 0 Å². The van der Waals surface area contributed by atoms with Gasteiger partial charge in [-0.15, -0.1) is 0 Å². The van der Waals surface area contributed by atoms with E-state index in [1.807, 2.05) is 12.1 Å². The summed E-state index contributed by atoms with van der Waals surface area (Å²) in [5.41, 5.74) is 0.842. The minimum atomic E-state index is -0.329. The molecule has 8 nitrogen and oxygen atoms in total. The maximum atomic E-state index is 12.9. The monoisotopic (exact) mass is 342 g/mol. The number of fused-ring (bicyclic) bond motifs is 1. The molecule has 3 rings (SSSR count). The number of rotatable bonds is 5. The van der Waals surface area contributed by atoms with E-state index in [9.17, 15) is 4.79 Å². The molecule has 0 aliphatic rings. The summed E-state index contributed by atoms with van der Waals surface area (Å²) in [6.07, 6.45) is 3.33. The lowest BCUT2D eigenvalue weighted by Crippen LogP contribution is -2.21. The zero-order valence-electron chi connectivity index (χ0n) is 14.4. The van der Waals surface area contributed by atoms with Crippen LogP contribution >= 0.6 is 0 Å². The fourth-order valence-corrected chi connectivity index (χ4v) is 2.57. The van der Waals surface area contributed by atoms with E-state index in [0.717, 1.165) is 5.69 Å². The maximum Gasteiger partial charge on any atom is 0.282 e. The third-order valence-electron chi connectivity index (χ3n) is 3.74. The number of aromatic amines is 1. The Kier molecular flexibility index (Phi) is 4.42. The molecule has 3 aromatic rings. The average molecular weight is 342 g/mol. The van der Waals surface area contributed by atoms with Crippen molar-refractivity contribution in [1.29, 1.82) is 0 Å². The Morgan fingerprint density at radius 3 is 2.56 bits per heavy atom. The number of nitrogens with one attached hydrogen (secondary N) is 1. The summed E-state index contributed by atoms with van der Waals surface area (Å²) in [6.45, 7) is 1.70. The summed E-state index contributed by atoms with van der Waals surface area (Å²) in [5.74, 6) is 1.54. The van der Waals surface area contributed by atoms with Gasteiger partial charge in [-0.25, -0.2) is 4.98 Å². The Morgan fingerprint density at radius 2 is 1.96 bits per heavy atom. The number of H-pyrrole nitrogens is 1. The summed E-state index contributed by atoms with van der Waals surface area (Å²) >= 11 is 0. The molecule has 0 bridgehead atoms. The lowest BCUT2D eigenvalue weighted by molar-refractivity contribution is 0.326. The van der Waals surface area contributed by atoms with Crippen LogP contribution in [-0.4, -0.2) is 42.2 Å². The Balaban J connectivity index is 2.27. The summed E-state index contributed by atoms with van der Waals surface area (Å²) in [6, 6.07) is 5.26. The zero-order valence-corrected chi connectivity index (χ0v) is 14.4. The minimum Gasteiger partial charge on any atom is -0.493 e. The largest absolute Gasteiger partial charge is 0.493 e. The standard InChI is InChI=1S/C17H18N4O4/c1-10-20-14-12(8-13(23-2)15(24-3)16(14)25-4)17(22)21(10)19-9-11-6-5-7-18-11/h5-9,18H,1-4H3. The second-order valence-corrected chi connectivity index (χ2v) is 5.19. The Labute approximate surface area is 143 Å². The second kappa shape index (κ2) is 6.68. The van der Waals surface area contributed by atoms with Crippen LogP contribution in [-0.2, 0) is 0 Å². The third kappa shape index (κ3) is 2.82. The van der Waals surface area contributed by atoms with Gasteiger partial charge in [0, 0.05) is 6.20 Å². The van der Waals surface area contributed by atoms with Gasteiger partial charge in [0.25, 0.3) is 5.56 Å². The highest BCUT2D eigenvalue weighted by Gasteiger charge is 2.20. The number of nitrogens with zero attached hydrogens (tertiary/aromatic N) is 3. The van der Waals surface area contributed by atoms with Crippen LogP contribution in [0.4, 0.5) is 0 Å². The third-order valence-corrected chi connectivity index (χ3v) is 3.74. The fraction of sp³-hybridized carbons (Fsp3) is 0.235. The van der Waals surface area contributed by atoms with Gasteiger partial charge in [0.1, 0.15) is 11.3 Å². The van der Waals surface area contributed by atoms with Gasteiger partial charge in [0.15, 0.2) is 11.5 Å². The minimum absolute atomic E-state index is 0.323. The molecule has 2 heterocycles. The van der Waals surface area contributed by atoms with Gasteiger partial charge in [-0.1, -0.05) is 0 Å². The fourth-order valence-electron chi connectivity index (χ4n) is 2.57. The number of ether oxygens (including phenoxy) is 3. The molecule has 0 spiro atoms. The van der Waals surface area contributed by atoms with Crippen molar-refractivity contribution in [3.63, 3.8) is 0 Å². The highest BCUT2D eigenvalue weighted by Crippen LogP contribution is 2.41. The number of benzene rings is 1. The van der Waals surface area contributed by atoms with Gasteiger partial charge in [-0.2, -0.15) is 9.78 Å². The molecule has 2 aromatic heterocycles. The molecule has 0 fully saturated rings. The normalized spacial score (nSPS) is 11.2. The average Bonchev–Trinajstić information content (AvgIpc) is 3.13. The Bertz CT molecular complexity index is 990. The van der Waals surface area contributed by atoms with Crippen LogP contribution in [0.1, 0.15) is 11.5 Å². The summed E-state index contributed by atoms with van der Waals surface area (Å²) in [5, 5.41) is 4.55. The second-order valence-electron chi connectivity index (χ2n) is 5.19. The van der Waals surface area contributed by atoms with Crippen molar-refractivity contribution in [2.24, 2.45) is 5.10 Å². The number of hydrogen-bond acceptors (Lipinski definition) is 6. The SMILES string of the molecule is COc1cc2c(=O)n(N=Cc3ccc[nH]3)c(C)nc2c(OC)c1OC. The first-order valence-electron chi connectivity index (χ1n) is 7.50. The van der Waals surface area contributed by atoms with Crippen LogP contribution in [0.15, 0.2) is 34.3 Å². The van der Waals surface area contributed by atoms with E-state index in [0.29, 0.717) is 34.0 Å². The molecule has 1 aromatic carbocycles. The number of aromatic nitrogens is 3. The van der Waals surface area contributed by atoms with E-state index in [-0.39, 0.29) is 5.56 Å². The maximum absolute atomic E-state index is 12.9. The summed E-state index contributed by atoms with van der Waals surface area (Å²) in [4.78, 5) is 20.4. The molecule has 0 amide bonds. The van der Waals surface area contributed by atoms with E-state index in [1.165, 1.54) is 26.0 Å². The van der Waals surface area contributed by atoms with Crippen molar-refractivity contribution in [2.75, 3.05) is 21.3 Å². The predicted molar refractivity (Wildman–Crippen MR) is 94.2 cm³/mol. The van der Waals surface area contributed by atoms with Crippen LogP contribution in [0.5, 0.6) is 17.2 Å². The van der Waals surface area contributed by atoms with Crippen molar-refractivity contribution in [3.05, 3.63) is 46.3 Å². The number of hydrogen-bond donors (Lipinski definition) is 1. The number of aryl methyl sites for hydroxylation is 1. The molecule has 1 N–H and O–H groups in total. The van der Waals surface area contributed by atoms with Gasteiger partial charge in [0.05, 0.1) is 38.6 Å². The van der Waals surface area contributed by atoms with Crippen LogP contribution in [0.3, 0.4) is 0 Å². The summed E-state index contributed by atoms with van der Waals surface area (Å²) < 4.78 is 17.3. The van der Waals surface area contributed by atoms with Crippen LogP contribution in [0.25, 0.3) is 10.9 Å². The highest BCUT2D eigenvalue weighted by molar-refractivity contribution is 5.89. The molecule has 0 saturated carbocycles. The zero-order chi connectivity index (χ0) is 18.0. The van der Waals surface area contributed by atoms with Crippen molar-refractivity contribution in [1.82, 2.24) is 14.6 Å². The van der Waals surface area contributed by atoms with Crippen molar-refractivity contribution >= 4 is 17.1 Å². The number of methoxy groups -OCH3 is 3. The lowest BCUT2D eigenvalue weighted by atomic mass is 10.2. The molecule has 130 valence electrons. The van der Waals surface area contributed by atoms with Gasteiger partial charge < -0.3 is 19.2 Å². The van der Waals surface area contributed by atoms with Crippen LogP contribution in [0.2, 0.25) is 0 Å². The van der Waals surface area contributed by atoms with Crippen molar-refractivity contribution in [2.45, 2.75) is 6.92 Å². The van der Waals surface area contributed by atoms with Crippen LogP contribution < -0.4 is 19.8 Å². The van der Waals surface area contributed by atoms with Gasteiger partial charge in [-0.3, -0.25) is 4.79 Å². The van der Waals surface area contributed by atoms with Gasteiger partial charge >= 0.3 is 0 Å². The topological polar surface area (TPSA) is 90.7 Å². The highest BCUT2D eigenvalue weighted by atomic mass is 16.5. The first-order chi connectivity index (χ1) is 12.1. The molecule has 25 heavy (non-hydrogen) atoms. The predicted octanol–water partition coefficient (Wildman–Crippen LogP) is 1.94. The van der Waals surface area contributed by atoms with Gasteiger partial charge in [-0.05, 0) is 25.1 Å². The van der Waals surface area contributed by atoms with E-state index in [2.05, 4.69) is 15.1 Å². The molecular weight excluding hydrogens is 324 g/mol. The Hall–Kier alpha value is -3.29. The van der Waals surface area contributed by atoms with E-state index in [1.54, 1.807) is 25.4 Å².